The molecule has 8 heteroatoms. The molecule has 0 unspecified atom stereocenters. The van der Waals surface area contributed by atoms with E-state index in [1.807, 2.05) is 13.8 Å². The lowest BCUT2D eigenvalue weighted by atomic mass is 10.1. The Balaban J connectivity index is 1.36. The second-order valence-corrected chi connectivity index (χ2v) is 11.5. The molecule has 178 valence electrons. The molecular formula is C25H32BrN3O3S. The van der Waals surface area contributed by atoms with Crippen molar-refractivity contribution in [2.24, 2.45) is 0 Å². The van der Waals surface area contributed by atoms with Crippen molar-refractivity contribution in [3.63, 3.8) is 0 Å². The summed E-state index contributed by atoms with van der Waals surface area (Å²) in [5.41, 5.74) is 2.57. The second kappa shape index (κ2) is 10.2. The second-order valence-electron chi connectivity index (χ2n) is 8.91. The van der Waals surface area contributed by atoms with E-state index in [9.17, 15) is 8.42 Å². The summed E-state index contributed by atoms with van der Waals surface area (Å²) in [5, 5.41) is 1.28. The monoisotopic (exact) mass is 533 g/mol. The average molecular weight is 535 g/mol. The van der Waals surface area contributed by atoms with Gasteiger partial charge in [-0.2, -0.15) is 0 Å². The molecule has 0 aliphatic carbocycles. The van der Waals surface area contributed by atoms with Crippen LogP contribution in [0.15, 0.2) is 58.0 Å². The topological polar surface area (TPSA) is 63.6 Å². The van der Waals surface area contributed by atoms with Gasteiger partial charge in [-0.25, -0.2) is 13.1 Å². The Bertz CT molecular complexity index is 1200. The lowest BCUT2D eigenvalue weighted by Crippen LogP contribution is -2.44. The van der Waals surface area contributed by atoms with Crippen molar-refractivity contribution in [1.29, 1.82) is 0 Å². The predicted molar refractivity (Wildman–Crippen MR) is 136 cm³/mol. The maximum atomic E-state index is 12.8. The molecule has 0 bridgehead atoms. The van der Waals surface area contributed by atoms with Crippen molar-refractivity contribution in [3.05, 3.63) is 58.7 Å². The molecule has 0 amide bonds. The Morgan fingerprint density at radius 2 is 1.82 bits per heavy atom. The summed E-state index contributed by atoms with van der Waals surface area (Å²) in [6, 6.07) is 13.0. The van der Waals surface area contributed by atoms with Gasteiger partial charge in [0.05, 0.1) is 11.0 Å². The molecule has 1 aliphatic heterocycles. The first kappa shape index (κ1) is 24.3. The van der Waals surface area contributed by atoms with Crippen LogP contribution < -0.4 is 9.46 Å². The quantitative estimate of drug-likeness (QED) is 0.434. The van der Waals surface area contributed by atoms with Crippen LogP contribution in [0.25, 0.3) is 10.9 Å². The van der Waals surface area contributed by atoms with E-state index in [0.29, 0.717) is 5.75 Å². The zero-order valence-electron chi connectivity index (χ0n) is 19.4. The zero-order valence-corrected chi connectivity index (χ0v) is 21.8. The van der Waals surface area contributed by atoms with Gasteiger partial charge < -0.3 is 9.30 Å². The maximum absolute atomic E-state index is 12.8. The zero-order chi connectivity index (χ0) is 23.6. The van der Waals surface area contributed by atoms with Crippen LogP contribution in [0.5, 0.6) is 5.75 Å². The van der Waals surface area contributed by atoms with E-state index >= 15 is 0 Å². The fourth-order valence-corrected chi connectivity index (χ4v) is 6.09. The Morgan fingerprint density at radius 1 is 1.12 bits per heavy atom. The van der Waals surface area contributed by atoms with Crippen LogP contribution in [0.2, 0.25) is 0 Å². The number of nitrogens with one attached hydrogen (secondary N) is 1. The molecule has 1 fully saturated rings. The van der Waals surface area contributed by atoms with Gasteiger partial charge in [-0.05, 0) is 75.6 Å². The van der Waals surface area contributed by atoms with Gasteiger partial charge in [0, 0.05) is 53.8 Å². The van der Waals surface area contributed by atoms with E-state index in [0.717, 1.165) is 43.5 Å². The highest BCUT2D eigenvalue weighted by Crippen LogP contribution is 2.27. The third kappa shape index (κ3) is 5.80. The van der Waals surface area contributed by atoms with Crippen molar-refractivity contribution >= 4 is 36.9 Å². The molecule has 2 aromatic carbocycles. The van der Waals surface area contributed by atoms with E-state index in [4.69, 9.17) is 4.74 Å². The fourth-order valence-electron chi connectivity index (χ4n) is 4.44. The number of ether oxygens (including phenoxy) is 1. The molecule has 0 saturated carbocycles. The van der Waals surface area contributed by atoms with Crippen molar-refractivity contribution in [2.75, 3.05) is 13.1 Å². The highest BCUT2D eigenvalue weighted by molar-refractivity contribution is 9.10. The average Bonchev–Trinajstić information content (AvgIpc) is 3.11. The van der Waals surface area contributed by atoms with Gasteiger partial charge in [0.25, 0.3) is 0 Å². The number of sulfonamides is 1. The first-order valence-electron chi connectivity index (χ1n) is 11.5. The summed E-state index contributed by atoms with van der Waals surface area (Å²) in [5.74, 6) is 0.675. The highest BCUT2D eigenvalue weighted by atomic mass is 79.9. The number of aromatic nitrogens is 1. The van der Waals surface area contributed by atoms with Crippen molar-refractivity contribution in [1.82, 2.24) is 14.2 Å². The summed E-state index contributed by atoms with van der Waals surface area (Å²) in [4.78, 5) is 2.69. The van der Waals surface area contributed by atoms with Crippen molar-refractivity contribution in [2.45, 2.75) is 63.7 Å². The number of hydrogen-bond donors (Lipinski definition) is 1. The number of aryl methyl sites for hydroxylation is 1. The van der Waals surface area contributed by atoms with Crippen LogP contribution >= 0.6 is 15.9 Å². The largest absolute Gasteiger partial charge is 0.491 e. The summed E-state index contributed by atoms with van der Waals surface area (Å²) in [7, 11) is -3.55. The lowest BCUT2D eigenvalue weighted by Gasteiger charge is -2.32. The molecular weight excluding hydrogens is 502 g/mol. The maximum Gasteiger partial charge on any atom is 0.240 e. The third-order valence-electron chi connectivity index (χ3n) is 6.08. The number of likely N-dealkylation sites (tertiary alicyclic amines) is 1. The molecule has 33 heavy (non-hydrogen) atoms. The van der Waals surface area contributed by atoms with Crippen molar-refractivity contribution in [3.8, 4) is 5.75 Å². The molecule has 1 saturated heterocycles. The van der Waals surface area contributed by atoms with Gasteiger partial charge in [-0.1, -0.05) is 22.0 Å². The Labute approximate surface area is 205 Å². The molecule has 0 radical (unpaired) electrons. The minimum absolute atomic E-state index is 0.0502. The van der Waals surface area contributed by atoms with E-state index in [-0.39, 0.29) is 17.0 Å². The first-order valence-corrected chi connectivity index (χ1v) is 13.8. The minimum atomic E-state index is -3.55. The third-order valence-corrected chi connectivity index (χ3v) is 8.11. The number of piperidine rings is 1. The van der Waals surface area contributed by atoms with Gasteiger partial charge in [0.1, 0.15) is 5.75 Å². The lowest BCUT2D eigenvalue weighted by molar-refractivity contribution is 0.200. The van der Waals surface area contributed by atoms with Gasteiger partial charge in [-0.15, -0.1) is 0 Å². The number of nitrogens with zero attached hydrogens (tertiary/aromatic N) is 2. The molecule has 3 aromatic rings. The van der Waals surface area contributed by atoms with Crippen LogP contribution in [-0.2, 0) is 23.1 Å². The molecule has 0 atom stereocenters. The predicted octanol–water partition coefficient (Wildman–Crippen LogP) is 5.15. The van der Waals surface area contributed by atoms with E-state index < -0.39 is 10.0 Å². The summed E-state index contributed by atoms with van der Waals surface area (Å²) in [6.45, 7) is 9.59. The molecule has 0 spiro atoms. The number of rotatable bonds is 8. The summed E-state index contributed by atoms with van der Waals surface area (Å²) < 4.78 is 37.6. The molecule has 1 aliphatic rings. The smallest absolute Gasteiger partial charge is 0.240 e. The van der Waals surface area contributed by atoms with Crippen LogP contribution in [-0.4, -0.2) is 43.1 Å². The van der Waals surface area contributed by atoms with Crippen LogP contribution in [0.1, 0.15) is 39.2 Å². The summed E-state index contributed by atoms with van der Waals surface area (Å²) in [6.07, 6.45) is 3.90. The van der Waals surface area contributed by atoms with Gasteiger partial charge >= 0.3 is 0 Å². The number of hydrogen-bond acceptors (Lipinski definition) is 4. The Hall–Kier alpha value is -1.87. The van der Waals surface area contributed by atoms with Crippen molar-refractivity contribution < 1.29 is 13.2 Å². The van der Waals surface area contributed by atoms with Gasteiger partial charge in [0.2, 0.25) is 10.0 Å². The Morgan fingerprint density at radius 3 is 2.45 bits per heavy atom. The molecule has 2 heterocycles. The van der Waals surface area contributed by atoms with E-state index in [1.54, 1.807) is 24.3 Å². The van der Waals surface area contributed by atoms with Crippen LogP contribution in [0.4, 0.5) is 0 Å². The Kier molecular flexibility index (Phi) is 7.48. The number of benzene rings is 2. The van der Waals surface area contributed by atoms with E-state index in [1.165, 1.54) is 16.5 Å². The normalized spacial score (nSPS) is 16.0. The van der Waals surface area contributed by atoms with Crippen LogP contribution in [0.3, 0.4) is 0 Å². The molecule has 4 rings (SSSR count). The summed E-state index contributed by atoms with van der Waals surface area (Å²) >= 11 is 3.58. The molecule has 1 aromatic heterocycles. The van der Waals surface area contributed by atoms with Gasteiger partial charge in [0.15, 0.2) is 0 Å². The SMILES string of the molecule is CCn1cc(CN2CCC(NS(=O)(=O)c3ccc(OC(C)C)cc3)CC2)c2ccc(Br)cc21. The number of halogens is 1. The van der Waals surface area contributed by atoms with E-state index in [2.05, 4.69) is 61.4 Å². The highest BCUT2D eigenvalue weighted by Gasteiger charge is 2.25. The van der Waals surface area contributed by atoms with Crippen LogP contribution in [0, 0.1) is 0 Å². The minimum Gasteiger partial charge on any atom is -0.491 e. The molecule has 6 nitrogen and oxygen atoms in total. The fraction of sp³-hybridized carbons (Fsp3) is 0.440. The first-order chi connectivity index (χ1) is 15.7. The standard InChI is InChI=1S/C25H32BrN3O3S/c1-4-29-17-19(24-10-5-20(26)15-25(24)29)16-28-13-11-21(12-14-28)27-33(30,31)23-8-6-22(7-9-23)32-18(2)3/h5-10,15,17-18,21,27H,4,11-14,16H2,1-3H3. The van der Waals surface area contributed by atoms with Gasteiger partial charge in [-0.3, -0.25) is 4.90 Å². The molecule has 1 N–H and O–H groups in total. The number of fused-ring (bicyclic) bond motifs is 1.